The Morgan fingerprint density at radius 3 is 2.05 bits per heavy atom. The fraction of sp³-hybridized carbons (Fsp3) is 0.0303. The van der Waals surface area contributed by atoms with E-state index in [1.54, 1.807) is 0 Å². The van der Waals surface area contributed by atoms with Gasteiger partial charge in [0.05, 0.1) is 11.0 Å². The zero-order valence-corrected chi connectivity index (χ0v) is 22.0. The molecule has 1 unspecified atom stereocenters. The predicted octanol–water partition coefficient (Wildman–Crippen LogP) is 8.04. The molecule has 0 spiro atoms. The number of para-hydroxylation sites is 1. The molecule has 5 heteroatoms. The Balaban J connectivity index is 1.38. The molecule has 5 aromatic carbocycles. The molecule has 0 amide bonds. The number of hydrogen-bond donors (Lipinski definition) is 1. The van der Waals surface area contributed by atoms with Gasteiger partial charge in [0.1, 0.15) is 11.7 Å². The van der Waals surface area contributed by atoms with Crippen molar-refractivity contribution in [1.82, 2.24) is 9.88 Å². The molecule has 182 valence electrons. The molecule has 1 aliphatic heterocycles. The van der Waals surface area contributed by atoms with E-state index in [-0.39, 0.29) is 6.17 Å². The van der Waals surface area contributed by atoms with Crippen molar-refractivity contribution in [1.29, 1.82) is 0 Å². The van der Waals surface area contributed by atoms with Crippen LogP contribution in [0.15, 0.2) is 142 Å². The summed E-state index contributed by atoms with van der Waals surface area (Å²) in [4.78, 5) is 10.0. The number of rotatable bonds is 4. The first-order valence-electron chi connectivity index (χ1n) is 12.6. The fourth-order valence-electron chi connectivity index (χ4n) is 5.16. The highest BCUT2D eigenvalue weighted by Crippen LogP contribution is 2.36. The van der Waals surface area contributed by atoms with Crippen LogP contribution in [-0.4, -0.2) is 16.2 Å². The molecular formula is C33H23BrN4. The van der Waals surface area contributed by atoms with Gasteiger partial charge in [0, 0.05) is 32.1 Å². The lowest BCUT2D eigenvalue weighted by Crippen LogP contribution is -2.36. The summed E-state index contributed by atoms with van der Waals surface area (Å²) >= 11 is 3.78. The number of benzene rings is 5. The first kappa shape index (κ1) is 22.7. The summed E-state index contributed by atoms with van der Waals surface area (Å²) in [6.07, 6.45) is -0.324. The Morgan fingerprint density at radius 1 is 0.605 bits per heavy atom. The van der Waals surface area contributed by atoms with E-state index in [9.17, 15) is 0 Å². The average Bonchev–Trinajstić information content (AvgIpc) is 3.33. The number of aromatic nitrogens is 1. The molecule has 4 nitrogen and oxygen atoms in total. The van der Waals surface area contributed by atoms with E-state index in [0.29, 0.717) is 0 Å². The van der Waals surface area contributed by atoms with Crippen molar-refractivity contribution < 1.29 is 0 Å². The maximum Gasteiger partial charge on any atom is 0.169 e. The van der Waals surface area contributed by atoms with Crippen LogP contribution in [0.5, 0.6) is 0 Å². The van der Waals surface area contributed by atoms with Gasteiger partial charge < -0.3 is 9.88 Å². The number of halogens is 1. The lowest BCUT2D eigenvalue weighted by Gasteiger charge is -2.22. The monoisotopic (exact) mass is 554 g/mol. The van der Waals surface area contributed by atoms with Crippen molar-refractivity contribution in [3.05, 3.63) is 149 Å². The van der Waals surface area contributed by atoms with Gasteiger partial charge in [-0.05, 0) is 35.9 Å². The Kier molecular flexibility index (Phi) is 5.64. The van der Waals surface area contributed by atoms with Crippen molar-refractivity contribution >= 4 is 49.4 Å². The lowest BCUT2D eigenvalue weighted by molar-refractivity contribution is 0.756. The molecule has 0 radical (unpaired) electrons. The second-order valence-corrected chi connectivity index (χ2v) is 10.1. The van der Waals surface area contributed by atoms with E-state index in [2.05, 4.69) is 117 Å². The molecule has 0 saturated carbocycles. The van der Waals surface area contributed by atoms with Gasteiger partial charge in [0.15, 0.2) is 6.17 Å². The van der Waals surface area contributed by atoms with E-state index < -0.39 is 0 Å². The third-order valence-electron chi connectivity index (χ3n) is 6.91. The van der Waals surface area contributed by atoms with E-state index in [1.165, 1.54) is 16.3 Å². The zero-order chi connectivity index (χ0) is 25.5. The fourth-order valence-corrected chi connectivity index (χ4v) is 5.73. The molecule has 0 saturated heterocycles. The molecule has 1 atom stereocenters. The molecule has 7 rings (SSSR count). The van der Waals surface area contributed by atoms with Crippen molar-refractivity contribution in [2.24, 2.45) is 9.98 Å². The van der Waals surface area contributed by atoms with Crippen molar-refractivity contribution in [2.75, 3.05) is 0 Å². The SMILES string of the molecule is Brc1cccc2c1c1ccccc1n2-c1cccc(C2=NC(c3ccccc3)N=C(c3ccccc3)N2)c1. The smallest absolute Gasteiger partial charge is 0.169 e. The molecule has 0 fully saturated rings. The summed E-state index contributed by atoms with van der Waals surface area (Å²) in [5.74, 6) is 1.62. The maximum atomic E-state index is 5.06. The largest absolute Gasteiger partial charge is 0.324 e. The number of nitrogens with one attached hydrogen (secondary N) is 1. The van der Waals surface area contributed by atoms with E-state index in [0.717, 1.165) is 44.0 Å². The van der Waals surface area contributed by atoms with Gasteiger partial charge in [-0.15, -0.1) is 0 Å². The summed E-state index contributed by atoms with van der Waals surface area (Å²) in [6, 6.07) is 43.9. The minimum absolute atomic E-state index is 0.324. The Morgan fingerprint density at radius 2 is 1.24 bits per heavy atom. The van der Waals surface area contributed by atoms with Crippen LogP contribution >= 0.6 is 15.9 Å². The summed E-state index contributed by atoms with van der Waals surface area (Å²) in [5.41, 5.74) is 6.50. The van der Waals surface area contributed by atoms with Crippen LogP contribution in [0.4, 0.5) is 0 Å². The maximum absolute atomic E-state index is 5.06. The van der Waals surface area contributed by atoms with Crippen molar-refractivity contribution in [3.63, 3.8) is 0 Å². The van der Waals surface area contributed by atoms with Crippen LogP contribution in [0, 0.1) is 0 Å². The van der Waals surface area contributed by atoms with E-state index in [1.807, 2.05) is 36.4 Å². The lowest BCUT2D eigenvalue weighted by atomic mass is 10.1. The van der Waals surface area contributed by atoms with Crippen LogP contribution in [0.1, 0.15) is 22.9 Å². The van der Waals surface area contributed by atoms with Gasteiger partial charge >= 0.3 is 0 Å². The molecule has 1 aliphatic rings. The van der Waals surface area contributed by atoms with Gasteiger partial charge in [-0.1, -0.05) is 113 Å². The normalized spacial score (nSPS) is 15.2. The van der Waals surface area contributed by atoms with Gasteiger partial charge in [0.2, 0.25) is 0 Å². The number of aliphatic imine (C=N–C) groups is 2. The zero-order valence-electron chi connectivity index (χ0n) is 20.4. The van der Waals surface area contributed by atoms with Crippen LogP contribution in [0.2, 0.25) is 0 Å². The first-order chi connectivity index (χ1) is 18.8. The molecule has 1 aromatic heterocycles. The number of amidine groups is 2. The third-order valence-corrected chi connectivity index (χ3v) is 7.57. The predicted molar refractivity (Wildman–Crippen MR) is 160 cm³/mol. The quantitative estimate of drug-likeness (QED) is 0.235. The number of nitrogens with zero attached hydrogens (tertiary/aromatic N) is 3. The molecule has 2 heterocycles. The number of fused-ring (bicyclic) bond motifs is 3. The molecular weight excluding hydrogens is 532 g/mol. The summed E-state index contributed by atoms with van der Waals surface area (Å²) in [6.45, 7) is 0. The summed E-state index contributed by atoms with van der Waals surface area (Å²) in [7, 11) is 0. The van der Waals surface area contributed by atoms with Gasteiger partial charge in [-0.3, -0.25) is 0 Å². The van der Waals surface area contributed by atoms with Crippen molar-refractivity contribution in [3.8, 4) is 5.69 Å². The molecule has 0 bridgehead atoms. The van der Waals surface area contributed by atoms with Crippen LogP contribution in [0.25, 0.3) is 27.5 Å². The first-order valence-corrected chi connectivity index (χ1v) is 13.4. The molecule has 6 aromatic rings. The topological polar surface area (TPSA) is 41.7 Å². The molecule has 1 N–H and O–H groups in total. The van der Waals surface area contributed by atoms with E-state index >= 15 is 0 Å². The Hall–Kier alpha value is -4.48. The van der Waals surface area contributed by atoms with E-state index in [4.69, 9.17) is 9.98 Å². The van der Waals surface area contributed by atoms with Gasteiger partial charge in [0.25, 0.3) is 0 Å². The highest BCUT2D eigenvalue weighted by molar-refractivity contribution is 9.10. The Bertz CT molecular complexity index is 1850. The minimum atomic E-state index is -0.324. The third kappa shape index (κ3) is 3.92. The van der Waals surface area contributed by atoms with Crippen LogP contribution in [0.3, 0.4) is 0 Å². The molecule has 0 aliphatic carbocycles. The van der Waals surface area contributed by atoms with Gasteiger partial charge in [-0.2, -0.15) is 0 Å². The molecule has 38 heavy (non-hydrogen) atoms. The van der Waals surface area contributed by atoms with Crippen molar-refractivity contribution in [2.45, 2.75) is 6.17 Å². The van der Waals surface area contributed by atoms with Crippen LogP contribution < -0.4 is 5.32 Å². The summed E-state index contributed by atoms with van der Waals surface area (Å²) in [5, 5.41) is 5.96. The second kappa shape index (κ2) is 9.43. The highest BCUT2D eigenvalue weighted by Gasteiger charge is 2.21. The summed E-state index contributed by atoms with van der Waals surface area (Å²) < 4.78 is 3.41. The average molecular weight is 555 g/mol. The minimum Gasteiger partial charge on any atom is -0.324 e. The highest BCUT2D eigenvalue weighted by atomic mass is 79.9. The Labute approximate surface area is 229 Å². The number of hydrogen-bond acceptors (Lipinski definition) is 3. The standard InChI is InChI=1S/C33H23BrN4/c34-27-18-10-20-29-30(27)26-17-7-8-19-28(26)38(29)25-16-9-15-24(21-25)33-36-31(22-11-3-1-4-12-22)35-32(37-33)23-13-5-2-6-14-23/h1-21,31H,(H,35,36,37). The van der Waals surface area contributed by atoms with Gasteiger partial charge in [-0.25, -0.2) is 9.98 Å². The van der Waals surface area contributed by atoms with Crippen LogP contribution in [-0.2, 0) is 0 Å². The second-order valence-electron chi connectivity index (χ2n) is 9.27.